The van der Waals surface area contributed by atoms with Gasteiger partial charge in [-0.05, 0) is 18.6 Å². The first-order valence-electron chi connectivity index (χ1n) is 5.56. The normalized spacial score (nSPS) is 12.4. The topological polar surface area (TPSA) is 61.0 Å². The van der Waals surface area contributed by atoms with Crippen LogP contribution < -0.4 is 0 Å². The van der Waals surface area contributed by atoms with E-state index in [-0.39, 0.29) is 17.6 Å². The van der Waals surface area contributed by atoms with Crippen LogP contribution in [0.5, 0.6) is 0 Å². The van der Waals surface area contributed by atoms with E-state index in [0.29, 0.717) is 5.56 Å². The van der Waals surface area contributed by atoms with Gasteiger partial charge < -0.3 is 0 Å². The van der Waals surface area contributed by atoms with Crippen LogP contribution in [0.4, 0.5) is 10.1 Å². The molecule has 1 unspecified atom stereocenters. The van der Waals surface area contributed by atoms with Gasteiger partial charge in [0, 0.05) is 17.8 Å². The molecular formula is C12H11ClFN3O2. The van der Waals surface area contributed by atoms with Crippen molar-refractivity contribution in [3.8, 4) is 0 Å². The summed E-state index contributed by atoms with van der Waals surface area (Å²) in [6.07, 6.45) is 3.35. The first-order valence-corrected chi connectivity index (χ1v) is 5.99. The summed E-state index contributed by atoms with van der Waals surface area (Å²) >= 11 is 5.91. The molecule has 1 aromatic heterocycles. The predicted molar refractivity (Wildman–Crippen MR) is 68.7 cm³/mol. The van der Waals surface area contributed by atoms with Gasteiger partial charge in [-0.2, -0.15) is 5.10 Å². The molecule has 1 aromatic carbocycles. The van der Waals surface area contributed by atoms with E-state index in [1.165, 1.54) is 12.1 Å². The third kappa shape index (κ3) is 3.29. The fourth-order valence-electron chi connectivity index (χ4n) is 1.69. The SMILES string of the molecule is CC(Cl)c1cnn(Cc2cc(F)cc([N+](=O)[O-])c2)c1. The van der Waals surface area contributed by atoms with Crippen LogP contribution in [0.15, 0.2) is 30.6 Å². The van der Waals surface area contributed by atoms with Gasteiger partial charge in [-0.25, -0.2) is 4.39 Å². The van der Waals surface area contributed by atoms with Gasteiger partial charge in [-0.1, -0.05) is 0 Å². The Morgan fingerprint density at radius 2 is 2.26 bits per heavy atom. The minimum Gasteiger partial charge on any atom is -0.268 e. The molecule has 0 N–H and O–H groups in total. The lowest BCUT2D eigenvalue weighted by molar-refractivity contribution is -0.385. The number of hydrogen-bond donors (Lipinski definition) is 0. The first kappa shape index (κ1) is 13.5. The van der Waals surface area contributed by atoms with Crippen molar-refractivity contribution >= 4 is 17.3 Å². The highest BCUT2D eigenvalue weighted by Gasteiger charge is 2.11. The van der Waals surface area contributed by atoms with Gasteiger partial charge >= 0.3 is 0 Å². The van der Waals surface area contributed by atoms with E-state index in [1.54, 1.807) is 17.1 Å². The molecular weight excluding hydrogens is 273 g/mol. The van der Waals surface area contributed by atoms with Gasteiger partial charge in [0.25, 0.3) is 5.69 Å². The van der Waals surface area contributed by atoms with E-state index >= 15 is 0 Å². The predicted octanol–water partition coefficient (Wildman–Crippen LogP) is 3.28. The van der Waals surface area contributed by atoms with Crippen LogP contribution in [0.1, 0.15) is 23.4 Å². The van der Waals surface area contributed by atoms with Crippen molar-refractivity contribution in [2.45, 2.75) is 18.8 Å². The first-order chi connectivity index (χ1) is 8.95. The van der Waals surface area contributed by atoms with Gasteiger partial charge in [-0.3, -0.25) is 14.8 Å². The zero-order chi connectivity index (χ0) is 14.0. The standard InChI is InChI=1S/C12H11ClFN3O2/c1-8(13)10-5-15-16(7-10)6-9-2-11(14)4-12(3-9)17(18)19/h2-5,7-8H,6H2,1H3. The van der Waals surface area contributed by atoms with Crippen LogP contribution in [0.2, 0.25) is 0 Å². The number of nitro groups is 1. The van der Waals surface area contributed by atoms with Crippen LogP contribution in [0.3, 0.4) is 0 Å². The molecule has 7 heteroatoms. The third-order valence-electron chi connectivity index (χ3n) is 2.61. The maximum absolute atomic E-state index is 13.3. The van der Waals surface area contributed by atoms with E-state index < -0.39 is 10.7 Å². The molecule has 0 saturated carbocycles. The summed E-state index contributed by atoms with van der Waals surface area (Å²) in [6, 6.07) is 3.46. The Bertz CT molecular complexity index is 613. The fourth-order valence-corrected chi connectivity index (χ4v) is 1.80. The van der Waals surface area contributed by atoms with Crippen molar-refractivity contribution in [1.29, 1.82) is 0 Å². The molecule has 0 fully saturated rings. The van der Waals surface area contributed by atoms with Crippen LogP contribution in [0, 0.1) is 15.9 Å². The van der Waals surface area contributed by atoms with Crippen LogP contribution in [-0.4, -0.2) is 14.7 Å². The molecule has 1 heterocycles. The maximum Gasteiger partial charge on any atom is 0.272 e. The molecule has 2 rings (SSSR count). The molecule has 0 aliphatic rings. The van der Waals surface area contributed by atoms with Crippen molar-refractivity contribution in [2.24, 2.45) is 0 Å². The van der Waals surface area contributed by atoms with Gasteiger partial charge in [0.1, 0.15) is 5.82 Å². The summed E-state index contributed by atoms with van der Waals surface area (Å²) in [5.74, 6) is -0.637. The number of benzene rings is 1. The van der Waals surface area contributed by atoms with Crippen LogP contribution in [-0.2, 0) is 6.54 Å². The molecule has 0 aliphatic heterocycles. The number of nitro benzene ring substituents is 1. The number of rotatable bonds is 4. The smallest absolute Gasteiger partial charge is 0.268 e. The van der Waals surface area contributed by atoms with Crippen molar-refractivity contribution in [2.75, 3.05) is 0 Å². The number of halogens is 2. The highest BCUT2D eigenvalue weighted by Crippen LogP contribution is 2.20. The third-order valence-corrected chi connectivity index (χ3v) is 2.86. The van der Waals surface area contributed by atoms with Crippen molar-refractivity contribution < 1.29 is 9.31 Å². The Kier molecular flexibility index (Phi) is 3.80. The second-order valence-electron chi connectivity index (χ2n) is 4.16. The Hall–Kier alpha value is -1.95. The molecule has 0 saturated heterocycles. The van der Waals surface area contributed by atoms with E-state index in [9.17, 15) is 14.5 Å². The van der Waals surface area contributed by atoms with E-state index in [2.05, 4.69) is 5.10 Å². The second kappa shape index (κ2) is 5.36. The van der Waals surface area contributed by atoms with Crippen molar-refractivity contribution in [3.05, 3.63) is 57.7 Å². The summed E-state index contributed by atoms with van der Waals surface area (Å²) in [6.45, 7) is 2.07. The molecule has 0 amide bonds. The molecule has 0 radical (unpaired) electrons. The molecule has 19 heavy (non-hydrogen) atoms. The Morgan fingerprint density at radius 3 is 2.84 bits per heavy atom. The quantitative estimate of drug-likeness (QED) is 0.491. The maximum atomic E-state index is 13.3. The molecule has 0 spiro atoms. The number of alkyl halides is 1. The van der Waals surface area contributed by atoms with Crippen LogP contribution >= 0.6 is 11.6 Å². The van der Waals surface area contributed by atoms with E-state index in [1.807, 2.05) is 6.92 Å². The van der Waals surface area contributed by atoms with Crippen LogP contribution in [0.25, 0.3) is 0 Å². The zero-order valence-corrected chi connectivity index (χ0v) is 10.8. The minimum absolute atomic E-state index is 0.171. The highest BCUT2D eigenvalue weighted by atomic mass is 35.5. The number of non-ortho nitro benzene ring substituents is 1. The van der Waals surface area contributed by atoms with E-state index in [0.717, 1.165) is 11.6 Å². The van der Waals surface area contributed by atoms with Crippen molar-refractivity contribution in [1.82, 2.24) is 9.78 Å². The Morgan fingerprint density at radius 1 is 1.53 bits per heavy atom. The molecule has 1 atom stereocenters. The van der Waals surface area contributed by atoms with Gasteiger partial charge in [-0.15, -0.1) is 11.6 Å². The van der Waals surface area contributed by atoms with Gasteiger partial charge in [0.2, 0.25) is 0 Å². The Balaban J connectivity index is 2.24. The average Bonchev–Trinajstić information content (AvgIpc) is 2.76. The average molecular weight is 284 g/mol. The summed E-state index contributed by atoms with van der Waals surface area (Å²) in [5, 5.41) is 14.6. The molecule has 5 nitrogen and oxygen atoms in total. The second-order valence-corrected chi connectivity index (χ2v) is 4.82. The highest BCUT2D eigenvalue weighted by molar-refractivity contribution is 6.20. The molecule has 0 aliphatic carbocycles. The van der Waals surface area contributed by atoms with E-state index in [4.69, 9.17) is 11.6 Å². The largest absolute Gasteiger partial charge is 0.272 e. The molecule has 100 valence electrons. The summed E-state index contributed by atoms with van der Waals surface area (Å²) in [7, 11) is 0. The number of nitrogens with zero attached hydrogens (tertiary/aromatic N) is 3. The monoisotopic (exact) mass is 283 g/mol. The minimum atomic E-state index is -0.637. The molecule has 0 bridgehead atoms. The van der Waals surface area contributed by atoms with Gasteiger partial charge in [0.15, 0.2) is 0 Å². The summed E-state index contributed by atoms with van der Waals surface area (Å²) in [4.78, 5) is 10.0. The van der Waals surface area contributed by atoms with Gasteiger partial charge in [0.05, 0.1) is 29.1 Å². The number of aromatic nitrogens is 2. The molecule has 2 aromatic rings. The number of hydrogen-bond acceptors (Lipinski definition) is 3. The lowest BCUT2D eigenvalue weighted by Gasteiger charge is -2.03. The Labute approximate surface area is 113 Å². The summed E-state index contributed by atoms with van der Waals surface area (Å²) in [5.41, 5.74) is 1.05. The lowest BCUT2D eigenvalue weighted by Crippen LogP contribution is -2.01. The van der Waals surface area contributed by atoms with Crippen molar-refractivity contribution in [3.63, 3.8) is 0 Å². The lowest BCUT2D eigenvalue weighted by atomic mass is 10.2. The summed E-state index contributed by atoms with van der Waals surface area (Å²) < 4.78 is 14.8. The fraction of sp³-hybridized carbons (Fsp3) is 0.250. The zero-order valence-electron chi connectivity index (χ0n) is 10.1.